The molecule has 0 radical (unpaired) electrons. The quantitative estimate of drug-likeness (QED) is 0.888. The first-order chi connectivity index (χ1) is 7.65. The van der Waals surface area contributed by atoms with Gasteiger partial charge in [0, 0.05) is 18.0 Å². The van der Waals surface area contributed by atoms with Crippen LogP contribution in [0.3, 0.4) is 0 Å². The zero-order valence-corrected chi connectivity index (χ0v) is 10.8. The predicted molar refractivity (Wildman–Crippen MR) is 67.0 cm³/mol. The molecule has 1 fully saturated rings. The number of rotatable bonds is 3. The van der Waals surface area contributed by atoms with Crippen molar-refractivity contribution in [2.45, 2.75) is 31.8 Å². The highest BCUT2D eigenvalue weighted by Gasteiger charge is 2.21. The Bertz CT molecular complexity index is 376. The number of nitrogens with one attached hydrogen (secondary N) is 1. The van der Waals surface area contributed by atoms with Gasteiger partial charge in [0.05, 0.1) is 10.9 Å². The molecule has 1 heterocycles. The van der Waals surface area contributed by atoms with E-state index in [9.17, 15) is 4.79 Å². The average molecular weight is 259 g/mol. The van der Waals surface area contributed by atoms with E-state index >= 15 is 0 Å². The van der Waals surface area contributed by atoms with Gasteiger partial charge in [-0.1, -0.05) is 11.6 Å². The van der Waals surface area contributed by atoms with Gasteiger partial charge in [-0.3, -0.25) is 0 Å². The van der Waals surface area contributed by atoms with E-state index in [2.05, 4.69) is 5.32 Å². The van der Waals surface area contributed by atoms with Crippen LogP contribution in [0.15, 0.2) is 12.1 Å². The van der Waals surface area contributed by atoms with Gasteiger partial charge in [-0.15, -0.1) is 11.3 Å². The molecule has 0 bridgehead atoms. The van der Waals surface area contributed by atoms with E-state index in [0.29, 0.717) is 12.6 Å². The van der Waals surface area contributed by atoms with Gasteiger partial charge in [0.25, 0.3) is 0 Å². The Morgan fingerprint density at radius 3 is 2.88 bits per heavy atom. The minimum Gasteiger partial charge on any atom is -0.335 e. The third-order valence-corrected chi connectivity index (χ3v) is 4.02. The minimum absolute atomic E-state index is 0.00854. The van der Waals surface area contributed by atoms with E-state index < -0.39 is 0 Å². The molecule has 1 aromatic heterocycles. The summed E-state index contributed by atoms with van der Waals surface area (Å²) in [6, 6.07) is 4.22. The van der Waals surface area contributed by atoms with E-state index in [1.807, 2.05) is 19.2 Å². The highest BCUT2D eigenvalue weighted by molar-refractivity contribution is 7.16. The van der Waals surface area contributed by atoms with Crippen LogP contribution in [-0.4, -0.2) is 24.0 Å². The van der Waals surface area contributed by atoms with Crippen molar-refractivity contribution in [3.8, 4) is 0 Å². The number of carbonyl (C=O) groups is 1. The average Bonchev–Trinajstić information content (AvgIpc) is 2.57. The van der Waals surface area contributed by atoms with Crippen molar-refractivity contribution in [2.24, 2.45) is 0 Å². The Morgan fingerprint density at radius 1 is 1.62 bits per heavy atom. The standard InChI is InChI=1S/C11H15ClN2OS/c1-14(7-9-5-6-10(12)16-9)11(15)13-8-3-2-4-8/h5-6,8H,2-4,7H2,1H3,(H,13,15). The van der Waals surface area contributed by atoms with Gasteiger partial charge in [0.2, 0.25) is 0 Å². The molecule has 1 N–H and O–H groups in total. The molecule has 3 nitrogen and oxygen atoms in total. The molecular weight excluding hydrogens is 244 g/mol. The maximum Gasteiger partial charge on any atom is 0.317 e. The maximum atomic E-state index is 11.7. The molecule has 0 unspecified atom stereocenters. The van der Waals surface area contributed by atoms with Crippen molar-refractivity contribution in [2.75, 3.05) is 7.05 Å². The van der Waals surface area contributed by atoms with Crippen molar-refractivity contribution >= 4 is 29.0 Å². The zero-order chi connectivity index (χ0) is 11.5. The minimum atomic E-state index is 0.00854. The van der Waals surface area contributed by atoms with E-state index in [1.165, 1.54) is 17.8 Å². The summed E-state index contributed by atoms with van der Waals surface area (Å²) in [6.45, 7) is 0.621. The number of hydrogen-bond acceptors (Lipinski definition) is 2. The second kappa shape index (κ2) is 5.06. The Labute approximate surface area is 104 Å². The molecule has 88 valence electrons. The first-order valence-corrected chi connectivity index (χ1v) is 6.60. The summed E-state index contributed by atoms with van der Waals surface area (Å²) < 4.78 is 0.766. The molecule has 16 heavy (non-hydrogen) atoms. The van der Waals surface area contributed by atoms with E-state index in [-0.39, 0.29) is 6.03 Å². The van der Waals surface area contributed by atoms with Crippen LogP contribution in [-0.2, 0) is 6.54 Å². The van der Waals surface area contributed by atoms with Crippen LogP contribution in [0, 0.1) is 0 Å². The van der Waals surface area contributed by atoms with Gasteiger partial charge in [0.15, 0.2) is 0 Å². The highest BCUT2D eigenvalue weighted by atomic mass is 35.5. The molecule has 1 aromatic rings. The first kappa shape index (κ1) is 11.7. The van der Waals surface area contributed by atoms with Crippen molar-refractivity contribution in [3.05, 3.63) is 21.3 Å². The van der Waals surface area contributed by atoms with Crippen molar-refractivity contribution < 1.29 is 4.79 Å². The van der Waals surface area contributed by atoms with Crippen molar-refractivity contribution in [3.63, 3.8) is 0 Å². The molecule has 1 aliphatic carbocycles. The smallest absolute Gasteiger partial charge is 0.317 e. The lowest BCUT2D eigenvalue weighted by molar-refractivity contribution is 0.195. The Kier molecular flexibility index (Phi) is 3.71. The summed E-state index contributed by atoms with van der Waals surface area (Å²) in [6.07, 6.45) is 3.46. The summed E-state index contributed by atoms with van der Waals surface area (Å²) in [5.74, 6) is 0. The van der Waals surface area contributed by atoms with Crippen LogP contribution in [0.1, 0.15) is 24.1 Å². The van der Waals surface area contributed by atoms with Crippen LogP contribution in [0.4, 0.5) is 4.79 Å². The number of nitrogens with zero attached hydrogens (tertiary/aromatic N) is 1. The monoisotopic (exact) mass is 258 g/mol. The summed E-state index contributed by atoms with van der Waals surface area (Å²) in [5, 5.41) is 3.00. The number of urea groups is 1. The Hall–Kier alpha value is -0.740. The first-order valence-electron chi connectivity index (χ1n) is 5.41. The molecule has 0 spiro atoms. The summed E-state index contributed by atoms with van der Waals surface area (Å²) in [4.78, 5) is 14.5. The zero-order valence-electron chi connectivity index (χ0n) is 9.20. The number of amides is 2. The summed E-state index contributed by atoms with van der Waals surface area (Å²) in [7, 11) is 1.81. The molecule has 1 saturated carbocycles. The Morgan fingerprint density at radius 2 is 2.38 bits per heavy atom. The molecule has 5 heteroatoms. The molecule has 2 rings (SSSR count). The molecule has 0 saturated heterocycles. The molecule has 1 aliphatic rings. The van der Waals surface area contributed by atoms with Crippen molar-refractivity contribution in [1.82, 2.24) is 10.2 Å². The van der Waals surface area contributed by atoms with Crippen molar-refractivity contribution in [1.29, 1.82) is 0 Å². The van der Waals surface area contributed by atoms with Crippen LogP contribution in [0.25, 0.3) is 0 Å². The van der Waals surface area contributed by atoms with Gasteiger partial charge in [-0.25, -0.2) is 4.79 Å². The number of carbonyl (C=O) groups excluding carboxylic acids is 1. The number of hydrogen-bond donors (Lipinski definition) is 1. The van der Waals surface area contributed by atoms with Crippen LogP contribution in [0.5, 0.6) is 0 Å². The van der Waals surface area contributed by atoms with E-state index in [4.69, 9.17) is 11.6 Å². The molecule has 0 aliphatic heterocycles. The SMILES string of the molecule is CN(Cc1ccc(Cl)s1)C(=O)NC1CCC1. The van der Waals surface area contributed by atoms with Gasteiger partial charge in [-0.05, 0) is 31.4 Å². The normalized spacial score (nSPS) is 15.6. The number of thiophene rings is 1. The largest absolute Gasteiger partial charge is 0.335 e. The fourth-order valence-corrected chi connectivity index (χ4v) is 2.72. The third kappa shape index (κ3) is 2.89. The predicted octanol–water partition coefficient (Wildman–Crippen LogP) is 3.10. The molecule has 0 atom stereocenters. The molecule has 2 amide bonds. The number of halogens is 1. The Balaban J connectivity index is 1.82. The van der Waals surface area contributed by atoms with E-state index in [1.54, 1.807) is 4.90 Å². The van der Waals surface area contributed by atoms with Gasteiger partial charge in [-0.2, -0.15) is 0 Å². The second-order valence-electron chi connectivity index (χ2n) is 4.14. The van der Waals surface area contributed by atoms with Gasteiger partial charge in [0.1, 0.15) is 0 Å². The third-order valence-electron chi connectivity index (χ3n) is 2.80. The van der Waals surface area contributed by atoms with Gasteiger partial charge < -0.3 is 10.2 Å². The lowest BCUT2D eigenvalue weighted by atomic mass is 9.93. The summed E-state index contributed by atoms with van der Waals surface area (Å²) in [5.41, 5.74) is 0. The fraction of sp³-hybridized carbons (Fsp3) is 0.545. The van der Waals surface area contributed by atoms with E-state index in [0.717, 1.165) is 22.1 Å². The second-order valence-corrected chi connectivity index (χ2v) is 5.94. The van der Waals surface area contributed by atoms with Gasteiger partial charge >= 0.3 is 6.03 Å². The molecule has 0 aromatic carbocycles. The fourth-order valence-electron chi connectivity index (χ4n) is 1.58. The van der Waals surface area contributed by atoms with Crippen LogP contribution < -0.4 is 5.32 Å². The maximum absolute atomic E-state index is 11.7. The lowest BCUT2D eigenvalue weighted by Gasteiger charge is -2.28. The lowest BCUT2D eigenvalue weighted by Crippen LogP contribution is -2.45. The molecular formula is C11H15ClN2OS. The topological polar surface area (TPSA) is 32.3 Å². The highest BCUT2D eigenvalue weighted by Crippen LogP contribution is 2.23. The van der Waals surface area contributed by atoms with Crippen LogP contribution in [0.2, 0.25) is 4.34 Å². The van der Waals surface area contributed by atoms with Crippen LogP contribution >= 0.6 is 22.9 Å². The summed E-state index contributed by atoms with van der Waals surface area (Å²) >= 11 is 7.35.